The van der Waals surface area contributed by atoms with E-state index < -0.39 is 0 Å². The van der Waals surface area contributed by atoms with E-state index in [0.29, 0.717) is 18.8 Å². The zero-order valence-corrected chi connectivity index (χ0v) is 7.88. The van der Waals surface area contributed by atoms with Crippen molar-refractivity contribution >= 4 is 5.91 Å². The minimum Gasteiger partial charge on any atom is -0.357 e. The summed E-state index contributed by atoms with van der Waals surface area (Å²) in [4.78, 5) is 21.2. The Morgan fingerprint density at radius 3 is 3.07 bits per heavy atom. The van der Waals surface area contributed by atoms with Gasteiger partial charge in [-0.05, 0) is 6.92 Å². The van der Waals surface area contributed by atoms with Crippen molar-refractivity contribution in [2.24, 2.45) is 0 Å². The first-order valence-electron chi connectivity index (χ1n) is 4.47. The van der Waals surface area contributed by atoms with Crippen LogP contribution in [-0.2, 0) is 4.74 Å². The van der Waals surface area contributed by atoms with Crippen molar-refractivity contribution < 1.29 is 9.53 Å². The molecule has 0 spiro atoms. The van der Waals surface area contributed by atoms with E-state index in [1.807, 2.05) is 6.92 Å². The molecule has 14 heavy (non-hydrogen) atoms. The molecule has 1 unspecified atom stereocenters. The number of hydrogen-bond donors (Lipinski definition) is 0. The first kappa shape index (κ1) is 9.08. The lowest BCUT2D eigenvalue weighted by atomic mass is 10.3. The Morgan fingerprint density at radius 2 is 2.50 bits per heavy atom. The second-order valence-electron chi connectivity index (χ2n) is 3.06. The lowest BCUT2D eigenvalue weighted by molar-refractivity contribution is 0.0373. The fraction of sp³-hybridized carbons (Fsp3) is 0.444. The lowest BCUT2D eigenvalue weighted by Gasteiger charge is -2.18. The number of amides is 1. The highest BCUT2D eigenvalue weighted by Crippen LogP contribution is 2.11. The molecule has 1 amide bonds. The molecule has 0 bridgehead atoms. The monoisotopic (exact) mass is 193 g/mol. The summed E-state index contributed by atoms with van der Waals surface area (Å²) in [5, 5.41) is 0. The summed E-state index contributed by atoms with van der Waals surface area (Å²) in [5.41, 5.74) is 0.366. The zero-order valence-electron chi connectivity index (χ0n) is 7.88. The maximum absolute atomic E-state index is 11.8. The predicted molar refractivity (Wildman–Crippen MR) is 48.5 cm³/mol. The second-order valence-corrected chi connectivity index (χ2v) is 3.06. The number of ether oxygens (including phenoxy) is 1. The van der Waals surface area contributed by atoms with Crippen molar-refractivity contribution in [2.75, 3.05) is 13.2 Å². The fourth-order valence-electron chi connectivity index (χ4n) is 1.42. The Morgan fingerprint density at radius 1 is 1.64 bits per heavy atom. The highest BCUT2D eigenvalue weighted by Gasteiger charge is 2.27. The molecule has 0 saturated carbocycles. The summed E-state index contributed by atoms with van der Waals surface area (Å²) in [6.45, 7) is 3.06. The van der Waals surface area contributed by atoms with Crippen molar-refractivity contribution in [3.05, 3.63) is 24.3 Å². The van der Waals surface area contributed by atoms with Gasteiger partial charge in [-0.2, -0.15) is 0 Å². The van der Waals surface area contributed by atoms with E-state index in [1.54, 1.807) is 11.1 Å². The molecule has 0 aliphatic carbocycles. The maximum atomic E-state index is 11.8. The molecule has 5 heteroatoms. The van der Waals surface area contributed by atoms with Gasteiger partial charge in [-0.3, -0.25) is 9.78 Å². The van der Waals surface area contributed by atoms with Gasteiger partial charge in [0.05, 0.1) is 12.8 Å². The molecule has 1 fully saturated rings. The van der Waals surface area contributed by atoms with Gasteiger partial charge in [0.2, 0.25) is 0 Å². The standard InChI is InChI=1S/C9H11N3O2/c1-7-12(4-5-14-7)9(13)8-6-10-2-3-11-8/h2-3,6-7H,4-5H2,1H3. The van der Waals surface area contributed by atoms with E-state index in [9.17, 15) is 4.79 Å². The van der Waals surface area contributed by atoms with Crippen molar-refractivity contribution in [2.45, 2.75) is 13.2 Å². The molecule has 1 atom stereocenters. The van der Waals surface area contributed by atoms with Crippen LogP contribution in [0.1, 0.15) is 17.4 Å². The molecule has 1 aliphatic rings. The summed E-state index contributed by atoms with van der Waals surface area (Å²) in [5.74, 6) is -0.122. The molecule has 0 aromatic carbocycles. The highest BCUT2D eigenvalue weighted by atomic mass is 16.5. The van der Waals surface area contributed by atoms with E-state index in [2.05, 4.69) is 9.97 Å². The first-order valence-corrected chi connectivity index (χ1v) is 4.47. The van der Waals surface area contributed by atoms with Crippen molar-refractivity contribution in [3.63, 3.8) is 0 Å². The number of carbonyl (C=O) groups excluding carboxylic acids is 1. The van der Waals surface area contributed by atoms with Crippen LogP contribution < -0.4 is 0 Å². The smallest absolute Gasteiger partial charge is 0.276 e. The largest absolute Gasteiger partial charge is 0.357 e. The number of carbonyl (C=O) groups is 1. The summed E-state index contributed by atoms with van der Waals surface area (Å²) in [7, 11) is 0. The maximum Gasteiger partial charge on any atom is 0.276 e. The Kier molecular flexibility index (Phi) is 2.41. The van der Waals surface area contributed by atoms with Crippen LogP contribution in [0.3, 0.4) is 0 Å². The summed E-state index contributed by atoms with van der Waals surface area (Å²) in [6.07, 6.45) is 4.35. The molecular weight excluding hydrogens is 182 g/mol. The topological polar surface area (TPSA) is 55.3 Å². The zero-order chi connectivity index (χ0) is 9.97. The van der Waals surface area contributed by atoms with Crippen LogP contribution >= 0.6 is 0 Å². The van der Waals surface area contributed by atoms with Gasteiger partial charge in [-0.15, -0.1) is 0 Å². The average Bonchev–Trinajstić information content (AvgIpc) is 2.65. The van der Waals surface area contributed by atoms with E-state index in [4.69, 9.17) is 4.74 Å². The van der Waals surface area contributed by atoms with Crippen molar-refractivity contribution in [3.8, 4) is 0 Å². The van der Waals surface area contributed by atoms with Gasteiger partial charge < -0.3 is 9.64 Å². The van der Waals surface area contributed by atoms with Crippen molar-refractivity contribution in [1.82, 2.24) is 14.9 Å². The van der Waals surface area contributed by atoms with Crippen LogP contribution in [0.2, 0.25) is 0 Å². The van der Waals surface area contributed by atoms with E-state index >= 15 is 0 Å². The summed E-state index contributed by atoms with van der Waals surface area (Å²) in [6, 6.07) is 0. The third kappa shape index (κ3) is 1.58. The highest BCUT2D eigenvalue weighted by molar-refractivity contribution is 5.92. The summed E-state index contributed by atoms with van der Waals surface area (Å²) < 4.78 is 5.26. The second kappa shape index (κ2) is 3.71. The van der Waals surface area contributed by atoms with Crippen LogP contribution in [0, 0.1) is 0 Å². The molecule has 2 rings (SSSR count). The first-order chi connectivity index (χ1) is 6.79. The van der Waals surface area contributed by atoms with Gasteiger partial charge in [0, 0.05) is 18.9 Å². The van der Waals surface area contributed by atoms with Crippen LogP contribution in [0.25, 0.3) is 0 Å². The van der Waals surface area contributed by atoms with Crippen LogP contribution in [0.15, 0.2) is 18.6 Å². The summed E-state index contributed by atoms with van der Waals surface area (Å²) >= 11 is 0. The number of hydrogen-bond acceptors (Lipinski definition) is 4. The Bertz CT molecular complexity index is 328. The van der Waals surface area contributed by atoms with Crippen LogP contribution in [-0.4, -0.2) is 40.2 Å². The van der Waals surface area contributed by atoms with E-state index in [1.165, 1.54) is 12.4 Å². The Labute approximate surface area is 81.7 Å². The SMILES string of the molecule is CC1OCCN1C(=O)c1cnccn1. The molecule has 0 N–H and O–H groups in total. The predicted octanol–water partition coefficient (Wildman–Crippen LogP) is 0.295. The molecule has 5 nitrogen and oxygen atoms in total. The normalized spacial score (nSPS) is 21.2. The van der Waals surface area contributed by atoms with Gasteiger partial charge in [-0.1, -0.05) is 0 Å². The fourth-order valence-corrected chi connectivity index (χ4v) is 1.42. The van der Waals surface area contributed by atoms with Gasteiger partial charge in [-0.25, -0.2) is 4.98 Å². The number of nitrogens with zero attached hydrogens (tertiary/aromatic N) is 3. The van der Waals surface area contributed by atoms with Gasteiger partial charge in [0.15, 0.2) is 0 Å². The third-order valence-corrected chi connectivity index (χ3v) is 2.17. The molecule has 1 aromatic rings. The minimum atomic E-state index is -0.162. The van der Waals surface area contributed by atoms with Crippen LogP contribution in [0.4, 0.5) is 0 Å². The lowest BCUT2D eigenvalue weighted by Crippen LogP contribution is -2.34. The number of aromatic nitrogens is 2. The van der Waals surface area contributed by atoms with Crippen molar-refractivity contribution in [1.29, 1.82) is 0 Å². The van der Waals surface area contributed by atoms with Gasteiger partial charge in [0.1, 0.15) is 11.9 Å². The molecule has 1 aromatic heterocycles. The minimum absolute atomic E-state index is 0.122. The molecular formula is C9H11N3O2. The van der Waals surface area contributed by atoms with Crippen LogP contribution in [0.5, 0.6) is 0 Å². The molecule has 2 heterocycles. The Hall–Kier alpha value is -1.49. The molecule has 1 aliphatic heterocycles. The van der Waals surface area contributed by atoms with E-state index in [0.717, 1.165) is 0 Å². The van der Waals surface area contributed by atoms with E-state index in [-0.39, 0.29) is 12.1 Å². The average molecular weight is 193 g/mol. The molecule has 0 radical (unpaired) electrons. The number of rotatable bonds is 1. The third-order valence-electron chi connectivity index (χ3n) is 2.17. The quantitative estimate of drug-likeness (QED) is 0.643. The van der Waals surface area contributed by atoms with Gasteiger partial charge in [0.25, 0.3) is 5.91 Å². The molecule has 74 valence electrons. The molecule has 1 saturated heterocycles. The Balaban J connectivity index is 2.16. The van der Waals surface area contributed by atoms with Gasteiger partial charge >= 0.3 is 0 Å².